The van der Waals surface area contributed by atoms with E-state index in [1.54, 1.807) is 0 Å². The number of rotatable bonds is 4. The number of ether oxygens (including phenoxy) is 3. The van der Waals surface area contributed by atoms with Crippen LogP contribution in [0.25, 0.3) is 0 Å². The molecule has 5 heteroatoms. The van der Waals surface area contributed by atoms with Gasteiger partial charge in [0.2, 0.25) is 0 Å². The Kier molecular flexibility index (Phi) is 4.29. The van der Waals surface area contributed by atoms with E-state index in [1.165, 1.54) is 0 Å². The Morgan fingerprint density at radius 3 is 2.57 bits per heavy atom. The topological polar surface area (TPSA) is 39.7 Å². The molecule has 1 aromatic carbocycles. The molecule has 1 N–H and O–H groups in total. The molecule has 2 atom stereocenters. The number of hydrogen-bond acceptors (Lipinski definition) is 4. The van der Waals surface area contributed by atoms with Gasteiger partial charge in [-0.1, -0.05) is 18.5 Å². The van der Waals surface area contributed by atoms with Gasteiger partial charge in [-0.2, -0.15) is 0 Å². The van der Waals surface area contributed by atoms with Gasteiger partial charge in [0.1, 0.15) is 13.2 Å². The van der Waals surface area contributed by atoms with Crippen LogP contribution >= 0.6 is 11.6 Å². The first kappa shape index (κ1) is 14.9. The largest absolute Gasteiger partial charge is 0.486 e. The fraction of sp³-hybridized carbons (Fsp3) is 0.625. The number of nitrogens with one attached hydrogen (secondary N) is 1. The Bertz CT molecular complexity index is 514. The number of halogens is 1. The molecule has 4 nitrogen and oxygen atoms in total. The highest BCUT2D eigenvalue weighted by molar-refractivity contribution is 6.31. The van der Waals surface area contributed by atoms with E-state index >= 15 is 0 Å². The maximum absolute atomic E-state index is 6.50. The van der Waals surface area contributed by atoms with Gasteiger partial charge in [-0.25, -0.2) is 0 Å². The second kappa shape index (κ2) is 6.03. The Labute approximate surface area is 130 Å². The van der Waals surface area contributed by atoms with Crippen molar-refractivity contribution < 1.29 is 14.2 Å². The van der Waals surface area contributed by atoms with Crippen molar-refractivity contribution in [2.75, 3.05) is 26.4 Å². The molecule has 2 unspecified atom stereocenters. The van der Waals surface area contributed by atoms with Gasteiger partial charge < -0.3 is 19.5 Å². The maximum Gasteiger partial charge on any atom is 0.162 e. The summed E-state index contributed by atoms with van der Waals surface area (Å²) in [5, 5.41) is 4.22. The van der Waals surface area contributed by atoms with Crippen molar-refractivity contribution in [3.05, 3.63) is 22.7 Å². The van der Waals surface area contributed by atoms with Gasteiger partial charge in [0.05, 0.1) is 11.6 Å². The summed E-state index contributed by atoms with van der Waals surface area (Å²) in [6.45, 7) is 7.06. The first-order chi connectivity index (χ1) is 10.1. The predicted molar refractivity (Wildman–Crippen MR) is 82.5 cm³/mol. The van der Waals surface area contributed by atoms with Crippen LogP contribution in [0.3, 0.4) is 0 Å². The molecule has 0 aromatic heterocycles. The molecule has 0 radical (unpaired) electrons. The van der Waals surface area contributed by atoms with Crippen molar-refractivity contribution in [3.8, 4) is 11.5 Å². The van der Waals surface area contributed by atoms with Crippen molar-refractivity contribution in [3.63, 3.8) is 0 Å². The SMILES string of the molecule is CCNC(c1cc2c(cc1Cl)OCCO2)C1(C)CCCO1. The summed E-state index contributed by atoms with van der Waals surface area (Å²) in [5.41, 5.74) is 0.788. The fourth-order valence-corrected chi connectivity index (χ4v) is 3.45. The van der Waals surface area contributed by atoms with Gasteiger partial charge in [-0.15, -0.1) is 0 Å². The third-order valence-electron chi connectivity index (χ3n) is 4.24. The van der Waals surface area contributed by atoms with Gasteiger partial charge in [0.25, 0.3) is 0 Å². The minimum Gasteiger partial charge on any atom is -0.486 e. The molecule has 0 amide bonds. The summed E-state index contributed by atoms with van der Waals surface area (Å²) in [6.07, 6.45) is 2.11. The molecule has 0 saturated carbocycles. The molecular weight excluding hydrogens is 290 g/mol. The zero-order chi connectivity index (χ0) is 14.9. The molecule has 1 aromatic rings. The van der Waals surface area contributed by atoms with Crippen LogP contribution in [-0.2, 0) is 4.74 Å². The van der Waals surface area contributed by atoms with E-state index in [-0.39, 0.29) is 11.6 Å². The van der Waals surface area contributed by atoms with Crippen LogP contribution in [0, 0.1) is 0 Å². The highest BCUT2D eigenvalue weighted by Gasteiger charge is 2.40. The minimum absolute atomic E-state index is 0.0494. The summed E-state index contributed by atoms with van der Waals surface area (Å²) in [6, 6.07) is 3.90. The Morgan fingerprint density at radius 1 is 1.24 bits per heavy atom. The van der Waals surface area contributed by atoms with Crippen molar-refractivity contribution >= 4 is 11.6 Å². The van der Waals surface area contributed by atoms with E-state index < -0.39 is 0 Å². The van der Waals surface area contributed by atoms with Crippen LogP contribution in [0.15, 0.2) is 12.1 Å². The molecule has 0 bridgehead atoms. The quantitative estimate of drug-likeness (QED) is 0.926. The average Bonchev–Trinajstić information content (AvgIpc) is 2.92. The van der Waals surface area contributed by atoms with E-state index in [4.69, 9.17) is 25.8 Å². The van der Waals surface area contributed by atoms with Gasteiger partial charge >= 0.3 is 0 Å². The lowest BCUT2D eigenvalue weighted by atomic mass is 9.87. The number of fused-ring (bicyclic) bond motifs is 1. The van der Waals surface area contributed by atoms with E-state index in [1.807, 2.05) is 12.1 Å². The van der Waals surface area contributed by atoms with Crippen LogP contribution in [-0.4, -0.2) is 32.0 Å². The summed E-state index contributed by atoms with van der Waals surface area (Å²) in [4.78, 5) is 0. The summed E-state index contributed by atoms with van der Waals surface area (Å²) in [5.74, 6) is 1.49. The van der Waals surface area contributed by atoms with Crippen molar-refractivity contribution in [1.82, 2.24) is 5.32 Å². The zero-order valence-electron chi connectivity index (χ0n) is 12.6. The van der Waals surface area contributed by atoms with Gasteiger partial charge in [-0.05, 0) is 37.9 Å². The first-order valence-corrected chi connectivity index (χ1v) is 7.98. The molecule has 21 heavy (non-hydrogen) atoms. The van der Waals surface area contributed by atoms with Crippen molar-refractivity contribution in [2.45, 2.75) is 38.3 Å². The zero-order valence-corrected chi connectivity index (χ0v) is 13.3. The average molecular weight is 312 g/mol. The normalized spacial score (nSPS) is 25.9. The van der Waals surface area contributed by atoms with E-state index in [2.05, 4.69) is 19.2 Å². The summed E-state index contributed by atoms with van der Waals surface area (Å²) < 4.78 is 17.3. The van der Waals surface area contributed by atoms with Crippen LogP contribution in [0.2, 0.25) is 5.02 Å². The highest BCUT2D eigenvalue weighted by atomic mass is 35.5. The third-order valence-corrected chi connectivity index (χ3v) is 4.57. The maximum atomic E-state index is 6.50. The smallest absolute Gasteiger partial charge is 0.162 e. The van der Waals surface area contributed by atoms with Crippen molar-refractivity contribution in [2.24, 2.45) is 0 Å². The van der Waals surface area contributed by atoms with Gasteiger partial charge in [-0.3, -0.25) is 0 Å². The Balaban J connectivity index is 1.98. The molecule has 2 heterocycles. The second-order valence-electron chi connectivity index (χ2n) is 5.77. The number of benzene rings is 1. The molecule has 2 aliphatic rings. The van der Waals surface area contributed by atoms with E-state index in [0.717, 1.165) is 43.1 Å². The summed E-state index contributed by atoms with van der Waals surface area (Å²) >= 11 is 6.50. The highest BCUT2D eigenvalue weighted by Crippen LogP contribution is 2.44. The van der Waals surface area contributed by atoms with Gasteiger partial charge in [0, 0.05) is 17.7 Å². The lowest BCUT2D eigenvalue weighted by Crippen LogP contribution is -2.41. The number of hydrogen-bond donors (Lipinski definition) is 1. The molecular formula is C16H22ClNO3. The molecule has 1 fully saturated rings. The fourth-order valence-electron chi connectivity index (χ4n) is 3.19. The number of likely N-dealkylation sites (N-methyl/N-ethyl adjacent to an activating group) is 1. The predicted octanol–water partition coefficient (Wildman–Crippen LogP) is 3.33. The third kappa shape index (κ3) is 2.85. The minimum atomic E-state index is -0.233. The summed E-state index contributed by atoms with van der Waals surface area (Å²) in [7, 11) is 0. The molecule has 0 aliphatic carbocycles. The van der Waals surface area contributed by atoms with Crippen LogP contribution in [0.4, 0.5) is 0 Å². The van der Waals surface area contributed by atoms with Gasteiger partial charge in [0.15, 0.2) is 11.5 Å². The van der Waals surface area contributed by atoms with Crippen molar-refractivity contribution in [1.29, 1.82) is 0 Å². The first-order valence-electron chi connectivity index (χ1n) is 7.60. The van der Waals surface area contributed by atoms with Crippen LogP contribution in [0.1, 0.15) is 38.3 Å². The molecule has 1 saturated heterocycles. The van der Waals surface area contributed by atoms with E-state index in [0.29, 0.717) is 18.2 Å². The van der Waals surface area contributed by atoms with Crippen LogP contribution in [0.5, 0.6) is 11.5 Å². The molecule has 3 rings (SSSR count). The van der Waals surface area contributed by atoms with E-state index in [9.17, 15) is 0 Å². The van der Waals surface area contributed by atoms with Crippen LogP contribution < -0.4 is 14.8 Å². The molecule has 2 aliphatic heterocycles. The monoisotopic (exact) mass is 311 g/mol. The molecule has 116 valence electrons. The lowest BCUT2D eigenvalue weighted by Gasteiger charge is -2.35. The second-order valence-corrected chi connectivity index (χ2v) is 6.18. The molecule has 0 spiro atoms. The Morgan fingerprint density at radius 2 is 1.95 bits per heavy atom. The standard InChI is InChI=1S/C16H22ClNO3/c1-3-18-15(16(2)5-4-6-21-16)11-9-13-14(10-12(11)17)20-8-7-19-13/h9-10,15,18H,3-8H2,1-2H3. The lowest BCUT2D eigenvalue weighted by molar-refractivity contribution is -0.0121. The Hall–Kier alpha value is -0.970.